The van der Waals surface area contributed by atoms with Crippen LogP contribution in [-0.2, 0) is 9.47 Å². The van der Waals surface area contributed by atoms with E-state index in [-0.39, 0.29) is 13.2 Å². The number of amides is 1. The first kappa shape index (κ1) is 26.9. The largest absolute Gasteiger partial charge is 0.490 e. The molecule has 0 saturated carbocycles. The van der Waals surface area contributed by atoms with E-state index in [4.69, 9.17) is 14.2 Å². The lowest BCUT2D eigenvalue weighted by Crippen LogP contribution is -2.44. The molecule has 2 N–H and O–H groups in total. The average molecular weight is 499 g/mol. The fraction of sp³-hybridized carbons (Fsp3) is 0.462. The number of ether oxygens (including phenoxy) is 3. The number of benzene rings is 1. The molecule has 2 heterocycles. The number of aryl methyl sites for hydroxylation is 1. The number of carbonyl (C=O) groups excluding carboxylic acids is 2. The summed E-state index contributed by atoms with van der Waals surface area (Å²) >= 11 is 0. The van der Waals surface area contributed by atoms with E-state index in [1.807, 2.05) is 31.2 Å². The predicted molar refractivity (Wildman–Crippen MR) is 135 cm³/mol. The summed E-state index contributed by atoms with van der Waals surface area (Å²) in [7, 11) is 0. The zero-order valence-corrected chi connectivity index (χ0v) is 21.8. The van der Waals surface area contributed by atoms with Crippen molar-refractivity contribution in [1.29, 1.82) is 0 Å². The second-order valence-electron chi connectivity index (χ2n) is 10.5. The molecule has 1 atom stereocenters. The molecule has 3 rings (SSSR count). The highest BCUT2D eigenvalue weighted by Gasteiger charge is 2.22. The Morgan fingerprint density at radius 1 is 1.03 bits per heavy atom. The molecule has 0 bridgehead atoms. The Labute approximate surface area is 210 Å². The van der Waals surface area contributed by atoms with Crippen LogP contribution in [0.1, 0.15) is 47.2 Å². The summed E-state index contributed by atoms with van der Waals surface area (Å²) in [6.07, 6.45) is 2.08. The Morgan fingerprint density at radius 3 is 2.36 bits per heavy atom. The van der Waals surface area contributed by atoms with Gasteiger partial charge in [0.05, 0.1) is 30.1 Å². The monoisotopic (exact) mass is 498 g/mol. The minimum absolute atomic E-state index is 0.0294. The summed E-state index contributed by atoms with van der Waals surface area (Å²) in [5, 5.41) is 17.4. The molecule has 3 aromatic rings. The van der Waals surface area contributed by atoms with Crippen LogP contribution < -0.4 is 10.1 Å². The van der Waals surface area contributed by atoms with E-state index in [9.17, 15) is 14.7 Å². The minimum Gasteiger partial charge on any atom is -0.490 e. The Morgan fingerprint density at radius 2 is 1.72 bits per heavy atom. The van der Waals surface area contributed by atoms with Crippen molar-refractivity contribution in [2.45, 2.75) is 65.7 Å². The number of pyridine rings is 1. The average Bonchev–Trinajstić information content (AvgIpc) is 3.10. The van der Waals surface area contributed by atoms with Gasteiger partial charge in [0, 0.05) is 17.1 Å². The van der Waals surface area contributed by atoms with E-state index < -0.39 is 29.4 Å². The molecule has 0 spiro atoms. The van der Waals surface area contributed by atoms with Crippen molar-refractivity contribution in [3.63, 3.8) is 0 Å². The normalized spacial score (nSPS) is 12.8. The molecule has 1 aromatic carbocycles. The fourth-order valence-corrected chi connectivity index (χ4v) is 3.36. The highest BCUT2D eigenvalue weighted by atomic mass is 16.6. The van der Waals surface area contributed by atoms with Gasteiger partial charge in [-0.05, 0) is 72.2 Å². The molecule has 0 aliphatic heterocycles. The summed E-state index contributed by atoms with van der Waals surface area (Å²) in [4.78, 5) is 28.8. The summed E-state index contributed by atoms with van der Waals surface area (Å²) < 4.78 is 17.7. The van der Waals surface area contributed by atoms with Gasteiger partial charge in [0.25, 0.3) is 0 Å². The van der Waals surface area contributed by atoms with E-state index in [1.54, 1.807) is 53.9 Å². The van der Waals surface area contributed by atoms with Gasteiger partial charge in [-0.2, -0.15) is 9.78 Å². The quantitative estimate of drug-likeness (QED) is 0.511. The van der Waals surface area contributed by atoms with Crippen LogP contribution in [0.4, 0.5) is 9.59 Å². The number of aromatic nitrogens is 3. The lowest BCUT2D eigenvalue weighted by molar-refractivity contribution is 0.0456. The van der Waals surface area contributed by atoms with Crippen LogP contribution in [-0.4, -0.2) is 62.5 Å². The van der Waals surface area contributed by atoms with Crippen molar-refractivity contribution < 1.29 is 28.9 Å². The number of carbonyl (C=O) groups is 2. The van der Waals surface area contributed by atoms with Gasteiger partial charge in [0.1, 0.15) is 23.6 Å². The molecule has 0 aliphatic rings. The summed E-state index contributed by atoms with van der Waals surface area (Å²) in [5.41, 5.74) is 1.71. The molecule has 10 nitrogen and oxygen atoms in total. The fourth-order valence-electron chi connectivity index (χ4n) is 3.36. The molecule has 0 saturated heterocycles. The van der Waals surface area contributed by atoms with Crippen LogP contribution in [0.15, 0.2) is 36.7 Å². The van der Waals surface area contributed by atoms with E-state index >= 15 is 0 Å². The maximum Gasteiger partial charge on any atom is 0.435 e. The van der Waals surface area contributed by atoms with Crippen LogP contribution >= 0.6 is 0 Å². The van der Waals surface area contributed by atoms with E-state index in [2.05, 4.69) is 15.4 Å². The zero-order valence-electron chi connectivity index (χ0n) is 21.8. The van der Waals surface area contributed by atoms with Gasteiger partial charge in [-0.3, -0.25) is 4.98 Å². The minimum atomic E-state index is -0.652. The van der Waals surface area contributed by atoms with E-state index in [1.165, 1.54) is 4.68 Å². The molecular weight excluding hydrogens is 464 g/mol. The van der Waals surface area contributed by atoms with E-state index in [0.717, 1.165) is 16.5 Å². The second kappa shape index (κ2) is 10.5. The molecule has 36 heavy (non-hydrogen) atoms. The summed E-state index contributed by atoms with van der Waals surface area (Å²) in [6, 6.07) is 6.77. The first-order chi connectivity index (χ1) is 16.8. The highest BCUT2D eigenvalue weighted by Crippen LogP contribution is 2.28. The topological polar surface area (TPSA) is 125 Å². The predicted octanol–water partition coefficient (Wildman–Crippen LogP) is 4.45. The third-order valence-electron chi connectivity index (χ3n) is 4.87. The van der Waals surface area contributed by atoms with Gasteiger partial charge >= 0.3 is 12.2 Å². The van der Waals surface area contributed by atoms with Gasteiger partial charge in [0.2, 0.25) is 0 Å². The first-order valence-corrected chi connectivity index (χ1v) is 11.7. The van der Waals surface area contributed by atoms with Crippen molar-refractivity contribution >= 4 is 23.1 Å². The van der Waals surface area contributed by atoms with Crippen LogP contribution in [0.3, 0.4) is 0 Å². The molecule has 0 unspecified atom stereocenters. The number of alkyl carbamates (subject to hydrolysis) is 1. The van der Waals surface area contributed by atoms with Crippen molar-refractivity contribution in [2.24, 2.45) is 0 Å². The Hall–Kier alpha value is -3.66. The SMILES string of the molecule is Cc1nn(C(=O)OC(C)(C)C)c2ccc(-c3cncc(OC[C@@H](CO)NC(=O)OC(C)(C)C)c3)cc12. The van der Waals surface area contributed by atoms with Gasteiger partial charge in [-0.25, -0.2) is 9.59 Å². The number of hydrogen-bond acceptors (Lipinski definition) is 8. The molecular formula is C26H34N4O6. The van der Waals surface area contributed by atoms with Gasteiger partial charge < -0.3 is 24.6 Å². The molecule has 0 radical (unpaired) electrons. The third-order valence-corrected chi connectivity index (χ3v) is 4.87. The van der Waals surface area contributed by atoms with Crippen LogP contribution in [0.25, 0.3) is 22.0 Å². The number of rotatable bonds is 6. The third kappa shape index (κ3) is 7.17. The highest BCUT2D eigenvalue weighted by molar-refractivity contribution is 5.92. The number of nitrogens with zero attached hydrogens (tertiary/aromatic N) is 3. The van der Waals surface area contributed by atoms with Crippen LogP contribution in [0.2, 0.25) is 0 Å². The summed E-state index contributed by atoms with van der Waals surface area (Å²) in [5.74, 6) is 0.471. The number of nitrogens with one attached hydrogen (secondary N) is 1. The standard InChI is InChI=1S/C26H34N4O6/c1-16-21-11-17(8-9-22(21)30(29-16)24(33)36-26(5,6)7)18-10-20(13-27-12-18)34-15-19(14-31)28-23(32)35-25(2,3)4/h8-13,19,31H,14-15H2,1-7H3,(H,28,32)/t19-/m1/s1. The lowest BCUT2D eigenvalue weighted by Gasteiger charge is -2.22. The van der Waals surface area contributed by atoms with Crippen molar-refractivity contribution in [3.8, 4) is 16.9 Å². The maximum atomic E-state index is 12.6. The number of fused-ring (bicyclic) bond motifs is 1. The van der Waals surface area contributed by atoms with Crippen molar-refractivity contribution in [3.05, 3.63) is 42.4 Å². The number of aliphatic hydroxyl groups excluding tert-OH is 1. The van der Waals surface area contributed by atoms with Crippen LogP contribution in [0, 0.1) is 6.92 Å². The van der Waals surface area contributed by atoms with E-state index in [0.29, 0.717) is 17.0 Å². The van der Waals surface area contributed by atoms with Crippen LogP contribution in [0.5, 0.6) is 5.75 Å². The smallest absolute Gasteiger partial charge is 0.435 e. The molecule has 2 aromatic heterocycles. The maximum absolute atomic E-state index is 12.6. The molecule has 10 heteroatoms. The Bertz CT molecular complexity index is 1240. The van der Waals surface area contributed by atoms with Crippen molar-refractivity contribution in [2.75, 3.05) is 13.2 Å². The zero-order chi connectivity index (χ0) is 26.7. The van der Waals surface area contributed by atoms with Crippen molar-refractivity contribution in [1.82, 2.24) is 20.1 Å². The number of aliphatic hydroxyl groups is 1. The molecule has 0 aliphatic carbocycles. The molecule has 0 fully saturated rings. The first-order valence-electron chi connectivity index (χ1n) is 11.7. The van der Waals surface area contributed by atoms with Gasteiger partial charge in [-0.15, -0.1) is 0 Å². The van der Waals surface area contributed by atoms with Gasteiger partial charge in [0.15, 0.2) is 0 Å². The molecule has 194 valence electrons. The lowest BCUT2D eigenvalue weighted by atomic mass is 10.0. The second-order valence-corrected chi connectivity index (χ2v) is 10.5. The Balaban J connectivity index is 1.75. The Kier molecular flexibility index (Phi) is 7.88. The molecule has 1 amide bonds. The summed E-state index contributed by atoms with van der Waals surface area (Å²) in [6.45, 7) is 12.2. The van der Waals surface area contributed by atoms with Gasteiger partial charge in [-0.1, -0.05) is 6.07 Å². The number of hydrogen-bond donors (Lipinski definition) is 2.